The molecular formula is C9H5ClN2O3S. The highest BCUT2D eigenvalue weighted by atomic mass is 35.5. The van der Waals surface area contributed by atoms with Crippen LogP contribution in [0.2, 0.25) is 5.15 Å². The first-order valence-electron chi connectivity index (χ1n) is 4.13. The highest BCUT2D eigenvalue weighted by molar-refractivity contribution is 7.99. The van der Waals surface area contributed by atoms with E-state index in [0.717, 1.165) is 11.8 Å². The summed E-state index contributed by atoms with van der Waals surface area (Å²) in [5, 5.41) is 9.75. The highest BCUT2D eigenvalue weighted by Gasteiger charge is 2.10. The van der Waals surface area contributed by atoms with Crippen LogP contribution in [0, 0.1) is 0 Å². The molecule has 2 aromatic heterocycles. The molecule has 0 aliphatic carbocycles. The summed E-state index contributed by atoms with van der Waals surface area (Å²) in [5.74, 6) is -1.06. The molecule has 0 atom stereocenters. The summed E-state index contributed by atoms with van der Waals surface area (Å²) in [4.78, 5) is 18.6. The van der Waals surface area contributed by atoms with Crippen molar-refractivity contribution in [3.8, 4) is 0 Å². The van der Waals surface area contributed by atoms with Crippen molar-refractivity contribution < 1.29 is 14.3 Å². The van der Waals surface area contributed by atoms with Crippen molar-refractivity contribution in [3.63, 3.8) is 0 Å². The fraction of sp³-hybridized carbons (Fsp3) is 0. The van der Waals surface area contributed by atoms with E-state index in [1.54, 1.807) is 0 Å². The molecule has 1 N–H and O–H groups in total. The van der Waals surface area contributed by atoms with Crippen molar-refractivity contribution >= 4 is 29.3 Å². The van der Waals surface area contributed by atoms with E-state index in [4.69, 9.17) is 21.1 Å². The van der Waals surface area contributed by atoms with E-state index in [9.17, 15) is 4.79 Å². The van der Waals surface area contributed by atoms with Gasteiger partial charge in [0.25, 0.3) is 5.22 Å². The van der Waals surface area contributed by atoms with Crippen LogP contribution in [0.1, 0.15) is 10.4 Å². The van der Waals surface area contributed by atoms with E-state index in [0.29, 0.717) is 10.2 Å². The van der Waals surface area contributed by atoms with Gasteiger partial charge in [-0.2, -0.15) is 0 Å². The summed E-state index contributed by atoms with van der Waals surface area (Å²) < 4.78 is 5.00. The minimum Gasteiger partial charge on any atom is -0.478 e. The van der Waals surface area contributed by atoms with Gasteiger partial charge < -0.3 is 9.52 Å². The third-order valence-electron chi connectivity index (χ3n) is 1.62. The van der Waals surface area contributed by atoms with Gasteiger partial charge in [-0.3, -0.25) is 0 Å². The summed E-state index contributed by atoms with van der Waals surface area (Å²) in [7, 11) is 0. The van der Waals surface area contributed by atoms with Gasteiger partial charge in [0.2, 0.25) is 0 Å². The Hall–Kier alpha value is -1.53. The van der Waals surface area contributed by atoms with Crippen molar-refractivity contribution in [2.24, 2.45) is 0 Å². The van der Waals surface area contributed by atoms with Crippen molar-refractivity contribution in [2.45, 2.75) is 10.2 Å². The Morgan fingerprint density at radius 1 is 1.50 bits per heavy atom. The van der Waals surface area contributed by atoms with Crippen LogP contribution < -0.4 is 0 Å². The monoisotopic (exact) mass is 256 g/mol. The Bertz CT molecular complexity index is 515. The summed E-state index contributed by atoms with van der Waals surface area (Å²) in [6.07, 6.45) is 2.91. The Morgan fingerprint density at radius 3 is 2.94 bits per heavy atom. The molecule has 0 unspecified atom stereocenters. The summed E-state index contributed by atoms with van der Waals surface area (Å²) in [5.41, 5.74) is 0.0778. The number of carboxylic acid groups (broad SMARTS) is 1. The average molecular weight is 257 g/mol. The molecule has 5 nitrogen and oxygen atoms in total. The van der Waals surface area contributed by atoms with Crippen LogP contribution >= 0.6 is 23.4 Å². The zero-order valence-corrected chi connectivity index (χ0v) is 9.33. The Kier molecular flexibility index (Phi) is 3.12. The Labute approximate surface area is 99.5 Å². The molecule has 0 spiro atoms. The number of carboxylic acids is 1. The second kappa shape index (κ2) is 4.54. The van der Waals surface area contributed by atoms with Gasteiger partial charge in [-0.05, 0) is 23.9 Å². The molecule has 0 aliphatic heterocycles. The molecule has 0 aliphatic rings. The third-order valence-corrected chi connectivity index (χ3v) is 2.61. The second-order valence-electron chi connectivity index (χ2n) is 2.72. The number of halogens is 1. The maximum Gasteiger partial charge on any atom is 0.335 e. The lowest BCUT2D eigenvalue weighted by atomic mass is 10.3. The van der Waals surface area contributed by atoms with Crippen LogP contribution in [0.5, 0.6) is 0 Å². The lowest BCUT2D eigenvalue weighted by molar-refractivity contribution is 0.0696. The van der Waals surface area contributed by atoms with Gasteiger partial charge in [0.15, 0.2) is 0 Å². The first kappa shape index (κ1) is 11.0. The number of rotatable bonds is 3. The van der Waals surface area contributed by atoms with Gasteiger partial charge in [0.05, 0.1) is 11.8 Å². The Balaban J connectivity index is 2.31. The van der Waals surface area contributed by atoms with Crippen LogP contribution in [-0.2, 0) is 0 Å². The molecule has 2 aromatic rings. The topological polar surface area (TPSA) is 76.2 Å². The lowest BCUT2D eigenvalue weighted by Crippen LogP contribution is -1.97. The number of hydrogen-bond acceptors (Lipinski definition) is 5. The average Bonchev–Trinajstić information content (AvgIpc) is 2.69. The molecule has 16 heavy (non-hydrogen) atoms. The number of aromatic carboxylic acids is 1. The van der Waals surface area contributed by atoms with Gasteiger partial charge in [0, 0.05) is 0 Å². The second-order valence-corrected chi connectivity index (χ2v) is 4.08. The lowest BCUT2D eigenvalue weighted by Gasteiger charge is -1.99. The molecule has 7 heteroatoms. The molecule has 0 amide bonds. The summed E-state index contributed by atoms with van der Waals surface area (Å²) >= 11 is 6.80. The van der Waals surface area contributed by atoms with Crippen LogP contribution in [-0.4, -0.2) is 21.0 Å². The van der Waals surface area contributed by atoms with E-state index >= 15 is 0 Å². The van der Waals surface area contributed by atoms with E-state index in [1.165, 1.54) is 24.6 Å². The van der Waals surface area contributed by atoms with Crippen molar-refractivity contribution in [1.82, 2.24) is 9.97 Å². The number of carbonyl (C=O) groups is 1. The minimum atomic E-state index is -1.06. The van der Waals surface area contributed by atoms with Gasteiger partial charge in [-0.1, -0.05) is 11.6 Å². The standard InChI is InChI=1S/C9H5ClN2O3S/c10-6-3-5(8(13)14)4-7(12-6)16-9-11-1-2-15-9/h1-4H,(H,13,14). The van der Waals surface area contributed by atoms with E-state index in [-0.39, 0.29) is 10.7 Å². The van der Waals surface area contributed by atoms with E-state index in [2.05, 4.69) is 9.97 Å². The molecule has 0 bridgehead atoms. The van der Waals surface area contributed by atoms with Gasteiger partial charge in [-0.15, -0.1) is 0 Å². The molecule has 2 heterocycles. The SMILES string of the molecule is O=C(O)c1cc(Cl)nc(Sc2ncco2)c1. The zero-order chi connectivity index (χ0) is 11.5. The molecule has 0 saturated carbocycles. The molecule has 2 rings (SSSR count). The highest BCUT2D eigenvalue weighted by Crippen LogP contribution is 2.26. The zero-order valence-electron chi connectivity index (χ0n) is 7.75. The van der Waals surface area contributed by atoms with Gasteiger partial charge >= 0.3 is 5.97 Å². The van der Waals surface area contributed by atoms with Crippen molar-refractivity contribution in [3.05, 3.63) is 35.3 Å². The van der Waals surface area contributed by atoms with Crippen LogP contribution in [0.15, 0.2) is 39.3 Å². The minimum absolute atomic E-state index is 0.0778. The molecule has 0 saturated heterocycles. The number of nitrogens with zero attached hydrogens (tertiary/aromatic N) is 2. The fourth-order valence-electron chi connectivity index (χ4n) is 0.999. The molecule has 0 radical (unpaired) electrons. The van der Waals surface area contributed by atoms with Crippen molar-refractivity contribution in [2.75, 3.05) is 0 Å². The third kappa shape index (κ3) is 2.53. The van der Waals surface area contributed by atoms with Crippen LogP contribution in [0.25, 0.3) is 0 Å². The fourth-order valence-corrected chi connectivity index (χ4v) is 1.98. The molecule has 0 fully saturated rings. The largest absolute Gasteiger partial charge is 0.478 e. The number of hydrogen-bond donors (Lipinski definition) is 1. The maximum absolute atomic E-state index is 10.8. The first-order chi connectivity index (χ1) is 7.65. The van der Waals surface area contributed by atoms with E-state index < -0.39 is 5.97 Å². The maximum atomic E-state index is 10.8. The van der Waals surface area contributed by atoms with Gasteiger partial charge in [0.1, 0.15) is 16.4 Å². The number of oxazole rings is 1. The molecular weight excluding hydrogens is 252 g/mol. The molecule has 0 aromatic carbocycles. The predicted octanol–water partition coefficient (Wildman–Crippen LogP) is 2.57. The van der Waals surface area contributed by atoms with Crippen molar-refractivity contribution in [1.29, 1.82) is 0 Å². The quantitative estimate of drug-likeness (QED) is 0.851. The Morgan fingerprint density at radius 2 is 2.31 bits per heavy atom. The summed E-state index contributed by atoms with van der Waals surface area (Å²) in [6.45, 7) is 0. The van der Waals surface area contributed by atoms with Gasteiger partial charge in [-0.25, -0.2) is 14.8 Å². The smallest absolute Gasteiger partial charge is 0.335 e. The van der Waals surface area contributed by atoms with E-state index in [1.807, 2.05) is 0 Å². The number of pyridine rings is 1. The predicted molar refractivity (Wildman–Crippen MR) is 56.8 cm³/mol. The first-order valence-corrected chi connectivity index (χ1v) is 5.33. The normalized spacial score (nSPS) is 10.3. The van der Waals surface area contributed by atoms with Crippen LogP contribution in [0.4, 0.5) is 0 Å². The van der Waals surface area contributed by atoms with Crippen LogP contribution in [0.3, 0.4) is 0 Å². The molecule has 82 valence electrons. The summed E-state index contributed by atoms with van der Waals surface area (Å²) in [6, 6.07) is 2.69. The number of aromatic nitrogens is 2.